The number of aliphatic hydroxyl groups is 1. The highest BCUT2D eigenvalue weighted by Crippen LogP contribution is 2.28. The molecule has 3 nitrogen and oxygen atoms in total. The van der Waals surface area contributed by atoms with E-state index >= 15 is 0 Å². The smallest absolute Gasteiger partial charge is 0.107 e. The van der Waals surface area contributed by atoms with Crippen molar-refractivity contribution in [2.45, 2.75) is 44.2 Å². The molecule has 21 heavy (non-hydrogen) atoms. The Morgan fingerprint density at radius 3 is 2.67 bits per heavy atom. The van der Waals surface area contributed by atoms with Gasteiger partial charge in [0.25, 0.3) is 0 Å². The second kappa shape index (κ2) is 6.69. The number of benzene rings is 1. The summed E-state index contributed by atoms with van der Waals surface area (Å²) in [5.41, 5.74) is 0.713. The van der Waals surface area contributed by atoms with Gasteiger partial charge in [-0.05, 0) is 18.4 Å². The molecule has 0 aliphatic heterocycles. The molecule has 1 aliphatic carbocycles. The third-order valence-electron chi connectivity index (χ3n) is 4.13. The van der Waals surface area contributed by atoms with E-state index in [0.717, 1.165) is 37.2 Å². The zero-order valence-electron chi connectivity index (χ0n) is 12.2. The number of nitrogens with one attached hydrogen (secondary N) is 1. The molecule has 0 bridgehead atoms. The lowest BCUT2D eigenvalue weighted by Crippen LogP contribution is -2.41. The van der Waals surface area contributed by atoms with Crippen LogP contribution in [0.4, 0.5) is 0 Å². The molecule has 1 heterocycles. The highest BCUT2D eigenvalue weighted by molar-refractivity contribution is 7.15. The van der Waals surface area contributed by atoms with Gasteiger partial charge in [-0.25, -0.2) is 4.98 Å². The van der Waals surface area contributed by atoms with Gasteiger partial charge in [-0.1, -0.05) is 49.6 Å². The molecule has 1 fully saturated rings. The molecule has 0 unspecified atom stereocenters. The van der Waals surface area contributed by atoms with Gasteiger partial charge in [-0.15, -0.1) is 11.3 Å². The Labute approximate surface area is 130 Å². The van der Waals surface area contributed by atoms with Crippen LogP contribution in [0, 0.1) is 0 Å². The Bertz CT molecular complexity index is 561. The van der Waals surface area contributed by atoms with Crippen LogP contribution in [-0.4, -0.2) is 22.2 Å². The number of thiazole rings is 1. The van der Waals surface area contributed by atoms with E-state index in [1.165, 1.54) is 16.9 Å². The Kier molecular flexibility index (Phi) is 4.68. The predicted molar refractivity (Wildman–Crippen MR) is 87.3 cm³/mol. The fourth-order valence-electron chi connectivity index (χ4n) is 2.92. The summed E-state index contributed by atoms with van der Waals surface area (Å²) in [6.45, 7) is 1.41. The van der Waals surface area contributed by atoms with E-state index in [9.17, 15) is 5.11 Å². The van der Waals surface area contributed by atoms with Gasteiger partial charge >= 0.3 is 0 Å². The first kappa shape index (κ1) is 14.7. The third kappa shape index (κ3) is 3.90. The molecule has 1 aromatic carbocycles. The van der Waals surface area contributed by atoms with Gasteiger partial charge in [0.15, 0.2) is 0 Å². The van der Waals surface area contributed by atoms with E-state index in [-0.39, 0.29) is 0 Å². The van der Waals surface area contributed by atoms with Gasteiger partial charge in [-0.3, -0.25) is 0 Å². The maximum atomic E-state index is 10.5. The van der Waals surface area contributed by atoms with Gasteiger partial charge in [0.05, 0.1) is 10.5 Å². The van der Waals surface area contributed by atoms with Gasteiger partial charge in [-0.2, -0.15) is 0 Å². The fraction of sp³-hybridized carbons (Fsp3) is 0.471. The van der Waals surface area contributed by atoms with Crippen LogP contribution in [0.5, 0.6) is 0 Å². The maximum absolute atomic E-state index is 10.5. The second-order valence-electron chi connectivity index (χ2n) is 5.87. The first-order valence-electron chi connectivity index (χ1n) is 7.68. The zero-order valence-corrected chi connectivity index (χ0v) is 13.0. The van der Waals surface area contributed by atoms with Crippen molar-refractivity contribution in [1.29, 1.82) is 0 Å². The Morgan fingerprint density at radius 1 is 1.14 bits per heavy atom. The van der Waals surface area contributed by atoms with Crippen molar-refractivity contribution >= 4 is 11.3 Å². The van der Waals surface area contributed by atoms with Crippen LogP contribution < -0.4 is 5.32 Å². The van der Waals surface area contributed by atoms with E-state index in [4.69, 9.17) is 0 Å². The molecule has 1 saturated carbocycles. The van der Waals surface area contributed by atoms with E-state index in [1.807, 2.05) is 24.4 Å². The molecule has 2 aromatic rings. The number of rotatable bonds is 5. The molecule has 0 atom stereocenters. The summed E-state index contributed by atoms with van der Waals surface area (Å²) in [6, 6.07) is 10.3. The molecule has 0 radical (unpaired) electrons. The molecule has 4 heteroatoms. The maximum Gasteiger partial charge on any atom is 0.107 e. The molecular weight excluding hydrogens is 280 g/mol. The van der Waals surface area contributed by atoms with Crippen molar-refractivity contribution in [3.8, 4) is 10.4 Å². The lowest BCUT2D eigenvalue weighted by atomic mass is 9.85. The van der Waals surface area contributed by atoms with Crippen LogP contribution in [0.15, 0.2) is 36.5 Å². The average molecular weight is 302 g/mol. The minimum absolute atomic E-state index is 0.502. The number of aromatic nitrogens is 1. The summed E-state index contributed by atoms with van der Waals surface area (Å²) in [7, 11) is 0. The molecule has 112 valence electrons. The summed E-state index contributed by atoms with van der Waals surface area (Å²) in [6.07, 6.45) is 7.34. The van der Waals surface area contributed by atoms with Crippen molar-refractivity contribution < 1.29 is 5.11 Å². The molecule has 3 rings (SSSR count). The third-order valence-corrected chi connectivity index (χ3v) is 5.17. The molecule has 2 N–H and O–H groups in total. The van der Waals surface area contributed by atoms with E-state index in [2.05, 4.69) is 22.4 Å². The van der Waals surface area contributed by atoms with E-state index < -0.39 is 5.60 Å². The molecule has 0 amide bonds. The quantitative estimate of drug-likeness (QED) is 0.887. The van der Waals surface area contributed by atoms with Gasteiger partial charge in [0.1, 0.15) is 5.01 Å². The summed E-state index contributed by atoms with van der Waals surface area (Å²) in [4.78, 5) is 5.67. The molecular formula is C17H22N2OS. The normalized spacial score (nSPS) is 17.8. The first-order chi connectivity index (χ1) is 10.3. The summed E-state index contributed by atoms with van der Waals surface area (Å²) in [5.74, 6) is 0. The van der Waals surface area contributed by atoms with Crippen LogP contribution in [0.25, 0.3) is 10.4 Å². The minimum Gasteiger partial charge on any atom is -0.389 e. The monoisotopic (exact) mass is 302 g/mol. The second-order valence-corrected chi connectivity index (χ2v) is 6.99. The summed E-state index contributed by atoms with van der Waals surface area (Å²) < 4.78 is 0. The Morgan fingerprint density at radius 2 is 1.90 bits per heavy atom. The topological polar surface area (TPSA) is 45.1 Å². The van der Waals surface area contributed by atoms with Crippen LogP contribution in [0.3, 0.4) is 0 Å². The SMILES string of the molecule is OC1(CNCc2ncc(-c3ccccc3)s2)CCCCC1. The zero-order chi connectivity index (χ0) is 14.5. The highest BCUT2D eigenvalue weighted by atomic mass is 32.1. The van der Waals surface area contributed by atoms with E-state index in [0.29, 0.717) is 6.54 Å². The Hall–Kier alpha value is -1.23. The van der Waals surface area contributed by atoms with Crippen molar-refractivity contribution in [2.24, 2.45) is 0 Å². The Balaban J connectivity index is 1.53. The first-order valence-corrected chi connectivity index (χ1v) is 8.50. The van der Waals surface area contributed by atoms with Crippen molar-refractivity contribution in [2.75, 3.05) is 6.54 Å². The standard InChI is InChI=1S/C17H22N2OS/c20-17(9-5-2-6-10-17)13-18-12-16-19-11-15(21-16)14-7-3-1-4-8-14/h1,3-4,7-8,11,18,20H,2,5-6,9-10,12-13H2. The average Bonchev–Trinajstić information content (AvgIpc) is 2.98. The largest absolute Gasteiger partial charge is 0.389 e. The molecule has 1 aliphatic rings. The van der Waals surface area contributed by atoms with Gasteiger partial charge in [0.2, 0.25) is 0 Å². The van der Waals surface area contributed by atoms with Crippen LogP contribution >= 0.6 is 11.3 Å². The van der Waals surface area contributed by atoms with Crippen LogP contribution in [-0.2, 0) is 6.54 Å². The fourth-order valence-corrected chi connectivity index (χ4v) is 3.81. The van der Waals surface area contributed by atoms with Crippen molar-refractivity contribution in [3.63, 3.8) is 0 Å². The van der Waals surface area contributed by atoms with Crippen molar-refractivity contribution in [1.82, 2.24) is 10.3 Å². The van der Waals surface area contributed by atoms with Crippen LogP contribution in [0.1, 0.15) is 37.1 Å². The van der Waals surface area contributed by atoms with Gasteiger partial charge in [0, 0.05) is 19.3 Å². The minimum atomic E-state index is -0.502. The number of nitrogens with zero attached hydrogens (tertiary/aromatic N) is 1. The van der Waals surface area contributed by atoms with Crippen molar-refractivity contribution in [3.05, 3.63) is 41.5 Å². The van der Waals surface area contributed by atoms with Gasteiger partial charge < -0.3 is 10.4 Å². The van der Waals surface area contributed by atoms with Crippen LogP contribution in [0.2, 0.25) is 0 Å². The number of hydrogen-bond acceptors (Lipinski definition) is 4. The lowest BCUT2D eigenvalue weighted by molar-refractivity contribution is 0.00467. The summed E-state index contributed by atoms with van der Waals surface area (Å²) >= 11 is 1.72. The van der Waals surface area contributed by atoms with E-state index in [1.54, 1.807) is 11.3 Å². The lowest BCUT2D eigenvalue weighted by Gasteiger charge is -2.32. The number of hydrogen-bond donors (Lipinski definition) is 2. The highest BCUT2D eigenvalue weighted by Gasteiger charge is 2.28. The summed E-state index contributed by atoms with van der Waals surface area (Å²) in [5, 5.41) is 14.9. The molecule has 0 saturated heterocycles. The molecule has 1 aromatic heterocycles. The predicted octanol–water partition coefficient (Wildman–Crippen LogP) is 3.59. The molecule has 0 spiro atoms.